The number of hydrogen-bond donors (Lipinski definition) is 11. The molecule has 0 spiro atoms. The van der Waals surface area contributed by atoms with Crippen molar-refractivity contribution in [2.24, 2.45) is 0 Å². The summed E-state index contributed by atoms with van der Waals surface area (Å²) in [7, 11) is 0. The third-order valence-electron chi connectivity index (χ3n) is 5.65. The van der Waals surface area contributed by atoms with Gasteiger partial charge in [0.25, 0.3) is 0 Å². The van der Waals surface area contributed by atoms with Crippen LogP contribution in [0.4, 0.5) is 0 Å². The Balaban J connectivity index is 2.33. The van der Waals surface area contributed by atoms with Gasteiger partial charge >= 0.3 is 0 Å². The molecule has 16 heteroatoms. The topological polar surface area (TPSA) is 277 Å². The highest BCUT2D eigenvalue weighted by molar-refractivity contribution is 5.56. The predicted molar refractivity (Wildman–Crippen MR) is 102 cm³/mol. The van der Waals surface area contributed by atoms with Crippen molar-refractivity contribution in [3.05, 3.63) is 0 Å². The summed E-state index contributed by atoms with van der Waals surface area (Å²) in [5.74, 6) is 0. The molecule has 0 amide bonds. The van der Waals surface area contributed by atoms with Gasteiger partial charge in [-0.05, 0) is 0 Å². The van der Waals surface area contributed by atoms with Gasteiger partial charge in [0.2, 0.25) is 0 Å². The Morgan fingerprint density at radius 2 is 1.29 bits per heavy atom. The first-order valence-electron chi connectivity index (χ1n) is 10.4. The van der Waals surface area contributed by atoms with Crippen molar-refractivity contribution in [3.63, 3.8) is 0 Å². The van der Waals surface area contributed by atoms with E-state index in [1.54, 1.807) is 0 Å². The molecule has 11 N–H and O–H groups in total. The number of carbonyl (C=O) groups is 1. The fraction of sp³-hybridized carbons (Fsp3) is 0.944. The van der Waals surface area contributed by atoms with Gasteiger partial charge in [0, 0.05) is 0 Å². The minimum absolute atomic E-state index is 0.0795. The average molecular weight is 504 g/mol. The number of aliphatic hydroxyl groups excluding tert-OH is 11. The van der Waals surface area contributed by atoms with E-state index in [1.807, 2.05) is 0 Å². The number of aliphatic hydroxyl groups is 11. The van der Waals surface area contributed by atoms with E-state index in [0.717, 1.165) is 0 Å². The molecule has 0 aromatic heterocycles. The van der Waals surface area contributed by atoms with Gasteiger partial charge in [-0.25, -0.2) is 0 Å². The highest BCUT2D eigenvalue weighted by Gasteiger charge is 2.52. The molecule has 14 atom stereocenters. The minimum atomic E-state index is -2.12. The number of ether oxygens (including phenoxy) is 4. The van der Waals surface area contributed by atoms with Crippen LogP contribution >= 0.6 is 0 Å². The molecule has 200 valence electrons. The normalized spacial score (nSPS) is 42.6. The molecule has 16 nitrogen and oxygen atoms in total. The number of hydrogen-bond acceptors (Lipinski definition) is 16. The summed E-state index contributed by atoms with van der Waals surface area (Å²) in [6.45, 7) is -2.67. The summed E-state index contributed by atoms with van der Waals surface area (Å²) in [6.07, 6.45) is -25.8. The molecule has 0 saturated carbocycles. The first kappa shape index (κ1) is 29.3. The Morgan fingerprint density at radius 3 is 1.79 bits per heavy atom. The van der Waals surface area contributed by atoms with Crippen LogP contribution in [0, 0.1) is 0 Å². The first-order chi connectivity index (χ1) is 16.0. The molecule has 0 aromatic carbocycles. The van der Waals surface area contributed by atoms with E-state index in [9.17, 15) is 61.0 Å². The maximum absolute atomic E-state index is 10.8. The van der Waals surface area contributed by atoms with E-state index in [4.69, 9.17) is 18.9 Å². The van der Waals surface area contributed by atoms with Crippen LogP contribution in [-0.4, -0.2) is 168 Å². The minimum Gasteiger partial charge on any atom is -0.394 e. The van der Waals surface area contributed by atoms with E-state index in [-0.39, 0.29) is 6.29 Å². The summed E-state index contributed by atoms with van der Waals surface area (Å²) in [6, 6.07) is 0. The molecule has 0 bridgehead atoms. The van der Waals surface area contributed by atoms with Crippen molar-refractivity contribution >= 4 is 6.29 Å². The second kappa shape index (κ2) is 12.9. The lowest BCUT2D eigenvalue weighted by Crippen LogP contribution is -2.65. The predicted octanol–water partition coefficient (Wildman–Crippen LogP) is -7.73. The molecule has 2 fully saturated rings. The van der Waals surface area contributed by atoms with Crippen LogP contribution in [-0.2, 0) is 23.7 Å². The Kier molecular flexibility index (Phi) is 11.1. The Morgan fingerprint density at radius 1 is 0.765 bits per heavy atom. The summed E-state index contributed by atoms with van der Waals surface area (Å²) in [5.41, 5.74) is 0. The molecule has 0 aliphatic carbocycles. The SMILES string of the molecule is O=CC(O)C(O)C(O[C@@H]1O[C@H](CO)[C@@H](O)[C@H](O)[C@H]1O[C@H]1O[C@H](CO)[C@@H](O)[C@H](O)[C@H]1O)C(O)CO. The Hall–Kier alpha value is -0.930. The smallest absolute Gasteiger partial charge is 0.187 e. The molecule has 34 heavy (non-hydrogen) atoms. The number of rotatable bonds is 11. The van der Waals surface area contributed by atoms with Gasteiger partial charge in [-0.15, -0.1) is 0 Å². The van der Waals surface area contributed by atoms with E-state index in [2.05, 4.69) is 0 Å². The number of carbonyl (C=O) groups excluding carboxylic acids is 1. The molecule has 2 saturated heterocycles. The zero-order valence-corrected chi connectivity index (χ0v) is 17.7. The lowest BCUT2D eigenvalue weighted by molar-refractivity contribution is -0.377. The average Bonchev–Trinajstić information content (AvgIpc) is 2.84. The standard InChI is InChI=1S/C18H32O16/c19-1-5(23)9(25)15(6(24)2-20)33-18-16(13(29)11(27)8(4-22)32-18)34-17-14(30)12(28)10(26)7(3-21)31-17/h1,5-18,20-30H,2-4H2/t5?,6?,7-,8-,9?,10-,11-,12+,13+,14-,15?,16-,17-,18+/m1/s1. The highest BCUT2D eigenvalue weighted by atomic mass is 16.8. The lowest BCUT2D eigenvalue weighted by Gasteiger charge is -2.47. The molecule has 2 heterocycles. The Bertz CT molecular complexity index is 623. The summed E-state index contributed by atoms with van der Waals surface area (Å²) >= 11 is 0. The fourth-order valence-corrected chi connectivity index (χ4v) is 3.58. The van der Waals surface area contributed by atoms with Crippen LogP contribution in [0.25, 0.3) is 0 Å². The van der Waals surface area contributed by atoms with Crippen molar-refractivity contribution in [3.8, 4) is 0 Å². The second-order valence-corrected chi connectivity index (χ2v) is 7.97. The maximum atomic E-state index is 10.8. The lowest BCUT2D eigenvalue weighted by atomic mass is 9.97. The molecule has 2 aliphatic heterocycles. The molecular weight excluding hydrogens is 472 g/mol. The fourth-order valence-electron chi connectivity index (χ4n) is 3.58. The maximum Gasteiger partial charge on any atom is 0.187 e. The molecule has 4 unspecified atom stereocenters. The summed E-state index contributed by atoms with van der Waals surface area (Å²) in [4.78, 5) is 10.8. The third kappa shape index (κ3) is 6.25. The van der Waals surface area contributed by atoms with E-state index >= 15 is 0 Å². The van der Waals surface area contributed by atoms with Gasteiger partial charge in [-0.1, -0.05) is 0 Å². The Labute approximate surface area is 192 Å². The third-order valence-corrected chi connectivity index (χ3v) is 5.65. The zero-order chi connectivity index (χ0) is 25.7. The van der Waals surface area contributed by atoms with Crippen LogP contribution in [0.3, 0.4) is 0 Å². The second-order valence-electron chi connectivity index (χ2n) is 7.97. The molecule has 2 aliphatic rings. The largest absolute Gasteiger partial charge is 0.394 e. The van der Waals surface area contributed by atoms with Gasteiger partial charge < -0.3 is 79.9 Å². The van der Waals surface area contributed by atoms with E-state index < -0.39 is 106 Å². The van der Waals surface area contributed by atoms with Crippen molar-refractivity contribution in [1.29, 1.82) is 0 Å². The van der Waals surface area contributed by atoms with Gasteiger partial charge in [-0.2, -0.15) is 0 Å². The van der Waals surface area contributed by atoms with Crippen molar-refractivity contribution in [1.82, 2.24) is 0 Å². The summed E-state index contributed by atoms with van der Waals surface area (Å²) in [5, 5.41) is 109. The first-order valence-corrected chi connectivity index (χ1v) is 10.4. The van der Waals surface area contributed by atoms with E-state index in [1.165, 1.54) is 0 Å². The van der Waals surface area contributed by atoms with E-state index in [0.29, 0.717) is 0 Å². The zero-order valence-electron chi connectivity index (χ0n) is 17.7. The van der Waals surface area contributed by atoms with Gasteiger partial charge in [0.1, 0.15) is 73.2 Å². The van der Waals surface area contributed by atoms with Crippen LogP contribution in [0.1, 0.15) is 0 Å². The highest BCUT2D eigenvalue weighted by Crippen LogP contribution is 2.31. The molecule has 2 rings (SSSR count). The van der Waals surface area contributed by atoms with Gasteiger partial charge in [-0.3, -0.25) is 0 Å². The van der Waals surface area contributed by atoms with Crippen molar-refractivity contribution < 1.29 is 79.9 Å². The summed E-state index contributed by atoms with van der Waals surface area (Å²) < 4.78 is 21.3. The van der Waals surface area contributed by atoms with Crippen molar-refractivity contribution in [2.45, 2.75) is 85.8 Å². The monoisotopic (exact) mass is 504 g/mol. The van der Waals surface area contributed by atoms with Crippen LogP contribution in [0.15, 0.2) is 0 Å². The van der Waals surface area contributed by atoms with Gasteiger partial charge in [0.05, 0.1) is 19.8 Å². The quantitative estimate of drug-likeness (QED) is 0.117. The molecule has 0 aromatic rings. The molecular formula is C18H32O16. The van der Waals surface area contributed by atoms with Crippen LogP contribution in [0.5, 0.6) is 0 Å². The van der Waals surface area contributed by atoms with Crippen LogP contribution in [0.2, 0.25) is 0 Å². The van der Waals surface area contributed by atoms with Crippen molar-refractivity contribution in [2.75, 3.05) is 19.8 Å². The molecule has 0 radical (unpaired) electrons. The van der Waals surface area contributed by atoms with Gasteiger partial charge in [0.15, 0.2) is 18.9 Å². The number of aldehydes is 1. The van der Waals surface area contributed by atoms with Crippen LogP contribution < -0.4 is 0 Å².